The molecule has 2 atom stereocenters. The average molecular weight is 1200 g/mol. The van der Waals surface area contributed by atoms with Gasteiger partial charge in [0, 0.05) is 157 Å². The lowest BCUT2D eigenvalue weighted by Gasteiger charge is -2.34. The fourth-order valence-electron chi connectivity index (χ4n) is 9.19. The third-order valence-electron chi connectivity index (χ3n) is 14.5. The third-order valence-corrected chi connectivity index (χ3v) is 14.5. The van der Waals surface area contributed by atoms with Crippen molar-refractivity contribution in [3.05, 3.63) is 0 Å². The Labute approximate surface area is 493 Å². The number of carbonyl (C=O) groups is 10. The molecule has 0 saturated carbocycles. The Balaban J connectivity index is 0.861. The maximum Gasteiger partial charge on any atom is 0.347 e. The average Bonchev–Trinajstić information content (AvgIpc) is 3.51. The van der Waals surface area contributed by atoms with Gasteiger partial charge in [0.25, 0.3) is 0 Å². The van der Waals surface area contributed by atoms with Crippen LogP contribution in [0.3, 0.4) is 0 Å². The largest absolute Gasteiger partial charge is 0.463 e. The second-order valence-corrected chi connectivity index (χ2v) is 21.0. The fourth-order valence-corrected chi connectivity index (χ4v) is 9.19. The molecule has 0 radical (unpaired) electrons. The number of unbranched alkanes of at least 4 members (excludes halogenated alkanes) is 4. The van der Waals surface area contributed by atoms with E-state index in [0.29, 0.717) is 130 Å². The molecule has 4 heterocycles. The summed E-state index contributed by atoms with van der Waals surface area (Å²) in [6.45, 7) is 18.0. The van der Waals surface area contributed by atoms with Crippen molar-refractivity contribution in [3.8, 4) is 0 Å². The number of hydrogen-bond acceptors (Lipinski definition) is 28. The summed E-state index contributed by atoms with van der Waals surface area (Å²) in [6.07, 6.45) is 2.27. The van der Waals surface area contributed by atoms with E-state index in [9.17, 15) is 47.9 Å². The van der Waals surface area contributed by atoms with Crippen LogP contribution in [-0.4, -0.2) is 285 Å². The smallest absolute Gasteiger partial charge is 0.347 e. The van der Waals surface area contributed by atoms with Crippen molar-refractivity contribution in [1.29, 1.82) is 0 Å². The van der Waals surface area contributed by atoms with Gasteiger partial charge < -0.3 is 87.4 Å². The molecule has 2 unspecified atom stereocenters. The first kappa shape index (κ1) is 70.9. The van der Waals surface area contributed by atoms with Crippen molar-refractivity contribution in [2.24, 2.45) is 0 Å². The van der Waals surface area contributed by atoms with Crippen molar-refractivity contribution in [2.75, 3.05) is 184 Å². The summed E-state index contributed by atoms with van der Waals surface area (Å²) < 4.78 is 51.5. The SMILES string of the molecule is CC(OC(=O)CCN1CCN(CCC(=O)OCOC(=O)CCN2CCNCC2)CC1)C(=O)OCCCCCC(=O)OCCOC(=O)CCCCCOC(=O)C(C)OC(=O)CCN1CCN(CCC(=O)OCOC(=O)CCN2CCNCC2)CC1. The molecule has 28 heteroatoms. The lowest BCUT2D eigenvalue weighted by Crippen LogP contribution is -2.47. The summed E-state index contributed by atoms with van der Waals surface area (Å²) in [5.41, 5.74) is 0. The lowest BCUT2D eigenvalue weighted by molar-refractivity contribution is -0.169. The predicted octanol–water partition coefficient (Wildman–Crippen LogP) is -0.383. The highest BCUT2D eigenvalue weighted by molar-refractivity contribution is 5.80. The minimum absolute atomic E-state index is 0.0887. The Morgan fingerprint density at radius 2 is 0.560 bits per heavy atom. The van der Waals surface area contributed by atoms with E-state index in [1.54, 1.807) is 0 Å². The fraction of sp³-hybridized carbons (Fsp3) is 0.821. The first-order valence-electron chi connectivity index (χ1n) is 30.0. The van der Waals surface area contributed by atoms with Gasteiger partial charge in [0.15, 0.2) is 12.2 Å². The molecule has 84 heavy (non-hydrogen) atoms. The van der Waals surface area contributed by atoms with Crippen LogP contribution in [0.25, 0.3) is 0 Å². The van der Waals surface area contributed by atoms with Gasteiger partial charge in [0.1, 0.15) is 13.2 Å². The van der Waals surface area contributed by atoms with Crippen LogP contribution < -0.4 is 10.6 Å². The summed E-state index contributed by atoms with van der Waals surface area (Å²) in [6, 6.07) is 0. The molecule has 28 nitrogen and oxygen atoms in total. The van der Waals surface area contributed by atoms with Gasteiger partial charge in [-0.2, -0.15) is 0 Å². The van der Waals surface area contributed by atoms with Crippen molar-refractivity contribution in [1.82, 2.24) is 40.0 Å². The van der Waals surface area contributed by atoms with E-state index in [0.717, 1.165) is 52.4 Å². The second kappa shape index (κ2) is 43.1. The number of esters is 10. The van der Waals surface area contributed by atoms with E-state index < -0.39 is 85.5 Å². The molecule has 4 rings (SSSR count). The molecule has 0 spiro atoms. The lowest BCUT2D eigenvalue weighted by atomic mass is 10.2. The van der Waals surface area contributed by atoms with Crippen molar-refractivity contribution in [3.63, 3.8) is 0 Å². The molecule has 4 saturated heterocycles. The van der Waals surface area contributed by atoms with Crippen molar-refractivity contribution in [2.45, 2.75) is 116 Å². The van der Waals surface area contributed by atoms with E-state index >= 15 is 0 Å². The number of rotatable bonds is 41. The van der Waals surface area contributed by atoms with Gasteiger partial charge in [-0.3, -0.25) is 38.4 Å². The zero-order valence-electron chi connectivity index (χ0n) is 49.7. The molecule has 0 bridgehead atoms. The van der Waals surface area contributed by atoms with Gasteiger partial charge in [0.2, 0.25) is 13.6 Å². The van der Waals surface area contributed by atoms with Gasteiger partial charge in [-0.25, -0.2) is 9.59 Å². The van der Waals surface area contributed by atoms with E-state index in [2.05, 4.69) is 40.0 Å². The Hall–Kier alpha value is -5.62. The molecule has 0 aromatic rings. The van der Waals surface area contributed by atoms with Crippen LogP contribution in [0.2, 0.25) is 0 Å². The van der Waals surface area contributed by atoms with Crippen LogP contribution in [-0.2, 0) is 95.3 Å². The Morgan fingerprint density at radius 1 is 0.298 bits per heavy atom. The van der Waals surface area contributed by atoms with Crippen LogP contribution in [0.1, 0.15) is 104 Å². The quantitative estimate of drug-likeness (QED) is 0.0341. The topological polar surface area (TPSA) is 306 Å². The summed E-state index contributed by atoms with van der Waals surface area (Å²) >= 11 is 0. The minimum Gasteiger partial charge on any atom is -0.463 e. The highest BCUT2D eigenvalue weighted by atomic mass is 16.7. The van der Waals surface area contributed by atoms with Gasteiger partial charge in [0.05, 0.1) is 51.7 Å². The van der Waals surface area contributed by atoms with Gasteiger partial charge in [-0.15, -0.1) is 0 Å². The minimum atomic E-state index is -1.07. The molecule has 478 valence electrons. The molecule has 4 aliphatic rings. The van der Waals surface area contributed by atoms with Crippen LogP contribution in [0.4, 0.5) is 0 Å². The van der Waals surface area contributed by atoms with Crippen LogP contribution in [0, 0.1) is 0 Å². The van der Waals surface area contributed by atoms with E-state index in [4.69, 9.17) is 47.4 Å². The molecule has 2 N–H and O–H groups in total. The van der Waals surface area contributed by atoms with Crippen LogP contribution in [0.15, 0.2) is 0 Å². The van der Waals surface area contributed by atoms with E-state index in [1.807, 2.05) is 0 Å². The van der Waals surface area contributed by atoms with Gasteiger partial charge in [-0.05, 0) is 52.4 Å². The molecule has 4 aliphatic heterocycles. The molecule has 0 aromatic carbocycles. The van der Waals surface area contributed by atoms with E-state index in [1.165, 1.54) is 13.8 Å². The number of carbonyl (C=O) groups excluding carboxylic acids is 10. The first-order chi connectivity index (χ1) is 40.6. The standard InChI is InChI=1S/C56H94N8O20/c1-45(83-53(71)15-25-63-35-31-61(32-36-63)23-13-51(69)81-43-79-49(67)11-21-59-27-17-57-18-28-59)55(73)77-39-7-3-5-9-47(65)75-41-42-76-48(66)10-6-4-8-40-78-56(74)46(2)84-54(72)16-26-64-37-33-62(34-38-64)24-14-52(70)82-44-80-50(68)12-22-60-29-19-58-20-30-60/h45-46,57-58H,3-44H2,1-2H3. The number of hydrogen-bond donors (Lipinski definition) is 2. The normalized spacial score (nSPS) is 17.4. The van der Waals surface area contributed by atoms with Crippen molar-refractivity contribution < 1.29 is 95.3 Å². The maximum absolute atomic E-state index is 12.5. The molecule has 0 aromatic heterocycles. The second-order valence-electron chi connectivity index (χ2n) is 21.0. The van der Waals surface area contributed by atoms with Gasteiger partial charge in [-0.1, -0.05) is 0 Å². The maximum atomic E-state index is 12.5. The summed E-state index contributed by atoms with van der Waals surface area (Å²) in [7, 11) is 0. The number of nitrogens with zero attached hydrogens (tertiary/aromatic N) is 6. The summed E-state index contributed by atoms with van der Waals surface area (Å²) in [5, 5.41) is 6.52. The number of nitrogens with one attached hydrogen (secondary N) is 2. The highest BCUT2D eigenvalue weighted by Gasteiger charge is 2.25. The summed E-state index contributed by atoms with van der Waals surface area (Å²) in [4.78, 5) is 135. The Morgan fingerprint density at radius 3 is 0.857 bits per heavy atom. The molecule has 0 aliphatic carbocycles. The third kappa shape index (κ3) is 33.8. The number of ether oxygens (including phenoxy) is 10. The molecule has 0 amide bonds. The van der Waals surface area contributed by atoms with Crippen molar-refractivity contribution >= 4 is 59.7 Å². The summed E-state index contributed by atoms with van der Waals surface area (Å²) in [5.74, 6) is -4.95. The molecule has 4 fully saturated rings. The van der Waals surface area contributed by atoms with Crippen LogP contribution >= 0.6 is 0 Å². The Kier molecular flexibility index (Phi) is 36.3. The zero-order valence-corrected chi connectivity index (χ0v) is 49.7. The monoisotopic (exact) mass is 1200 g/mol. The van der Waals surface area contributed by atoms with E-state index in [-0.39, 0.29) is 77.8 Å². The molecular formula is C56H94N8O20. The zero-order chi connectivity index (χ0) is 60.6. The van der Waals surface area contributed by atoms with Gasteiger partial charge >= 0.3 is 59.7 Å². The Bertz CT molecular complexity index is 1860. The first-order valence-corrected chi connectivity index (χ1v) is 30.0. The predicted molar refractivity (Wildman–Crippen MR) is 298 cm³/mol. The molecular weight excluding hydrogens is 1100 g/mol. The number of piperazine rings is 4. The highest BCUT2D eigenvalue weighted by Crippen LogP contribution is 2.11. The van der Waals surface area contributed by atoms with Crippen LogP contribution in [0.5, 0.6) is 0 Å².